The average molecular weight is 563 g/mol. The Bertz CT molecular complexity index is 1530. The largest absolute Gasteiger partial charge is 0.458 e. The summed E-state index contributed by atoms with van der Waals surface area (Å²) in [6, 6.07) is 19.4. The van der Waals surface area contributed by atoms with E-state index in [4.69, 9.17) is 25.1 Å². The van der Waals surface area contributed by atoms with E-state index in [1.165, 1.54) is 18.5 Å². The molecule has 0 aliphatic heterocycles. The van der Waals surface area contributed by atoms with Gasteiger partial charge in [0.2, 0.25) is 0 Å². The maximum atomic E-state index is 13.4. The van der Waals surface area contributed by atoms with Crippen LogP contribution < -0.4 is 16.3 Å². The van der Waals surface area contributed by atoms with Gasteiger partial charge in [0.05, 0.1) is 30.8 Å². The van der Waals surface area contributed by atoms with Crippen molar-refractivity contribution >= 4 is 36.3 Å². The van der Waals surface area contributed by atoms with E-state index in [2.05, 4.69) is 9.97 Å². The van der Waals surface area contributed by atoms with Crippen LogP contribution in [-0.2, 0) is 29.7 Å². The smallest absolute Gasteiger partial charge is 0.383 e. The van der Waals surface area contributed by atoms with Crippen LogP contribution in [-0.4, -0.2) is 40.3 Å². The monoisotopic (exact) mass is 562 g/mol. The highest BCUT2D eigenvalue weighted by Gasteiger charge is 2.35. The SMILES string of the molecule is CON(c1ccccc1)[C@@H](Cc1ccccc1)C(=O)OP(N)(=O)OC[C@H]1C=C[C@@H](n2ccc3c(N)ncnc32)C1. The fourth-order valence-electron chi connectivity index (χ4n) is 4.84. The number of allylic oxidation sites excluding steroid dienone is 1. The Morgan fingerprint density at radius 2 is 1.82 bits per heavy atom. The molecule has 0 saturated carbocycles. The van der Waals surface area contributed by atoms with Crippen LogP contribution in [0.4, 0.5) is 11.5 Å². The molecule has 5 rings (SSSR count). The standard InChI is InChI=1S/C28H31N6O5P/c1-37-34(22-10-6-3-7-11-22)25(17-20-8-4-2-5-9-20)28(35)39-40(30,36)38-18-21-12-13-23(16-21)33-15-14-24-26(29)31-19-32-27(24)33/h2-15,19,21,23,25H,16-18H2,1H3,(H2,30,36)(H2,29,31,32)/t21-,23+,25-,40?/m0/s1. The Balaban J connectivity index is 1.24. The number of fused-ring (bicyclic) bond motifs is 1. The van der Waals surface area contributed by atoms with Crippen molar-refractivity contribution in [3.8, 4) is 0 Å². The van der Waals surface area contributed by atoms with Crippen molar-refractivity contribution in [2.75, 3.05) is 24.5 Å². The molecule has 0 spiro atoms. The van der Waals surface area contributed by atoms with Gasteiger partial charge in [-0.15, -0.1) is 0 Å². The molecular formula is C28H31N6O5P. The first-order valence-corrected chi connectivity index (χ1v) is 14.4. The molecule has 40 heavy (non-hydrogen) atoms. The molecule has 0 saturated heterocycles. The van der Waals surface area contributed by atoms with Gasteiger partial charge in [-0.2, -0.15) is 0 Å². The fourth-order valence-corrected chi connectivity index (χ4v) is 5.66. The number of para-hydroxylation sites is 1. The molecule has 0 amide bonds. The van der Waals surface area contributed by atoms with Gasteiger partial charge in [-0.25, -0.2) is 29.9 Å². The highest BCUT2D eigenvalue weighted by Crippen LogP contribution is 2.42. The van der Waals surface area contributed by atoms with E-state index in [0.717, 1.165) is 16.6 Å². The van der Waals surface area contributed by atoms with Crippen LogP contribution in [0.2, 0.25) is 0 Å². The lowest BCUT2D eigenvalue weighted by Crippen LogP contribution is -2.43. The molecule has 11 nitrogen and oxygen atoms in total. The predicted molar refractivity (Wildman–Crippen MR) is 152 cm³/mol. The molecule has 4 N–H and O–H groups in total. The number of nitrogen functional groups attached to an aromatic ring is 1. The molecule has 1 aliphatic rings. The van der Waals surface area contributed by atoms with Gasteiger partial charge < -0.3 is 14.8 Å². The molecule has 2 aromatic heterocycles. The van der Waals surface area contributed by atoms with Gasteiger partial charge in [0, 0.05) is 18.5 Å². The highest BCUT2D eigenvalue weighted by molar-refractivity contribution is 7.51. The summed E-state index contributed by atoms with van der Waals surface area (Å²) in [6.45, 7) is 0.0143. The molecule has 4 aromatic rings. The van der Waals surface area contributed by atoms with Crippen LogP contribution in [0.1, 0.15) is 18.0 Å². The summed E-state index contributed by atoms with van der Waals surface area (Å²) in [5.74, 6) is -0.505. The van der Waals surface area contributed by atoms with Gasteiger partial charge in [0.1, 0.15) is 17.8 Å². The summed E-state index contributed by atoms with van der Waals surface area (Å²) >= 11 is 0. The van der Waals surface area contributed by atoms with E-state index in [9.17, 15) is 9.36 Å². The summed E-state index contributed by atoms with van der Waals surface area (Å²) in [5.41, 5.74) is 14.1. The first-order valence-electron chi connectivity index (χ1n) is 12.8. The molecule has 2 heterocycles. The molecule has 0 radical (unpaired) electrons. The van der Waals surface area contributed by atoms with Gasteiger partial charge >= 0.3 is 13.7 Å². The number of nitrogens with zero attached hydrogens (tertiary/aromatic N) is 4. The van der Waals surface area contributed by atoms with Crippen LogP contribution >= 0.6 is 7.75 Å². The van der Waals surface area contributed by atoms with Crippen LogP contribution in [0.5, 0.6) is 0 Å². The fraction of sp³-hybridized carbons (Fsp3) is 0.250. The zero-order chi connectivity index (χ0) is 28.1. The second-order valence-corrected chi connectivity index (χ2v) is 11.0. The van der Waals surface area contributed by atoms with Crippen LogP contribution in [0.25, 0.3) is 11.0 Å². The van der Waals surface area contributed by atoms with Crippen LogP contribution in [0.15, 0.2) is 91.4 Å². The lowest BCUT2D eigenvalue weighted by Gasteiger charge is -2.30. The third-order valence-corrected chi connectivity index (χ3v) is 7.71. The minimum absolute atomic E-state index is 0.00324. The van der Waals surface area contributed by atoms with Crippen molar-refractivity contribution in [1.82, 2.24) is 14.5 Å². The molecule has 2 aromatic carbocycles. The van der Waals surface area contributed by atoms with E-state index in [1.54, 1.807) is 12.1 Å². The van der Waals surface area contributed by atoms with Crippen LogP contribution in [0.3, 0.4) is 0 Å². The molecule has 12 heteroatoms. The molecule has 208 valence electrons. The lowest BCUT2D eigenvalue weighted by atomic mass is 10.1. The summed E-state index contributed by atoms with van der Waals surface area (Å²) in [6.07, 6.45) is 8.21. The number of hydrogen-bond donors (Lipinski definition) is 2. The Labute approximate surface area is 231 Å². The van der Waals surface area contributed by atoms with Gasteiger partial charge in [-0.3, -0.25) is 9.36 Å². The number of carbonyl (C=O) groups excluding carboxylic acids is 1. The summed E-state index contributed by atoms with van der Waals surface area (Å²) in [5, 5.41) is 2.19. The van der Waals surface area contributed by atoms with Gasteiger partial charge in [0.15, 0.2) is 6.04 Å². The quantitative estimate of drug-likeness (QED) is 0.153. The Morgan fingerprint density at radius 1 is 1.10 bits per heavy atom. The average Bonchev–Trinajstić information content (AvgIpc) is 3.61. The third kappa shape index (κ3) is 6.24. The van der Waals surface area contributed by atoms with E-state index < -0.39 is 19.8 Å². The molecule has 0 fully saturated rings. The number of carbonyl (C=O) groups is 1. The van der Waals surface area contributed by atoms with E-state index in [1.807, 2.05) is 77.5 Å². The predicted octanol–water partition coefficient (Wildman–Crippen LogP) is 4.44. The highest BCUT2D eigenvalue weighted by atomic mass is 31.2. The third-order valence-electron chi connectivity index (χ3n) is 6.77. The number of aromatic nitrogens is 3. The van der Waals surface area contributed by atoms with Crippen molar-refractivity contribution in [2.45, 2.75) is 24.9 Å². The first-order chi connectivity index (χ1) is 19.3. The maximum absolute atomic E-state index is 13.4. The summed E-state index contributed by atoms with van der Waals surface area (Å²) in [7, 11) is -2.78. The van der Waals surface area contributed by atoms with Crippen molar-refractivity contribution in [2.24, 2.45) is 11.4 Å². The first kappa shape index (κ1) is 27.5. The molecule has 1 aliphatic carbocycles. The van der Waals surface area contributed by atoms with Crippen molar-refractivity contribution in [3.63, 3.8) is 0 Å². The maximum Gasteiger partial charge on any atom is 0.458 e. The zero-order valence-electron chi connectivity index (χ0n) is 21.9. The van der Waals surface area contributed by atoms with Crippen LogP contribution in [0, 0.1) is 5.92 Å². The van der Waals surface area contributed by atoms with Gasteiger partial charge in [0.25, 0.3) is 0 Å². The summed E-state index contributed by atoms with van der Waals surface area (Å²) in [4.78, 5) is 27.3. The molecule has 0 bridgehead atoms. The lowest BCUT2D eigenvalue weighted by molar-refractivity contribution is -0.138. The topological polar surface area (TPSA) is 148 Å². The van der Waals surface area contributed by atoms with E-state index >= 15 is 0 Å². The number of hydrogen-bond acceptors (Lipinski definition) is 9. The second kappa shape index (κ2) is 12.0. The minimum Gasteiger partial charge on any atom is -0.383 e. The Kier molecular flexibility index (Phi) is 8.27. The number of nitrogens with two attached hydrogens (primary N) is 2. The van der Waals surface area contributed by atoms with Crippen molar-refractivity contribution in [3.05, 3.63) is 97.0 Å². The zero-order valence-corrected chi connectivity index (χ0v) is 22.8. The molecular weight excluding hydrogens is 531 g/mol. The van der Waals surface area contributed by atoms with Gasteiger partial charge in [-0.05, 0) is 30.2 Å². The minimum atomic E-state index is -4.24. The number of hydroxylamine groups is 1. The van der Waals surface area contributed by atoms with Crippen molar-refractivity contribution in [1.29, 1.82) is 0 Å². The number of benzene rings is 2. The van der Waals surface area contributed by atoms with Crippen molar-refractivity contribution < 1.29 is 23.2 Å². The normalized spacial score (nSPS) is 18.9. The Morgan fingerprint density at radius 3 is 2.55 bits per heavy atom. The van der Waals surface area contributed by atoms with E-state index in [-0.39, 0.29) is 25.0 Å². The second-order valence-electron chi connectivity index (χ2n) is 9.46. The number of rotatable bonds is 11. The molecule has 1 unspecified atom stereocenters. The number of anilines is 2. The van der Waals surface area contributed by atoms with E-state index in [0.29, 0.717) is 17.9 Å². The Hall–Kier alpha value is -4.02. The van der Waals surface area contributed by atoms with Gasteiger partial charge in [-0.1, -0.05) is 60.7 Å². The molecule has 4 atom stereocenters. The summed E-state index contributed by atoms with van der Waals surface area (Å²) < 4.78 is 25.9.